The Hall–Kier alpha value is -0.440. The first kappa shape index (κ1) is 14.0. The van der Waals surface area contributed by atoms with Crippen molar-refractivity contribution in [1.29, 1.82) is 0 Å². The van der Waals surface area contributed by atoms with Gasteiger partial charge in [-0.05, 0) is 13.8 Å². The molecule has 1 N–H and O–H groups in total. The molecule has 1 aromatic heterocycles. The normalized spacial score (nSPS) is 26.4. The number of nitrogens with one attached hydrogen (secondary N) is 1. The van der Waals surface area contributed by atoms with Crippen molar-refractivity contribution in [3.05, 3.63) is 12.0 Å². The second kappa shape index (κ2) is 5.28. The van der Waals surface area contributed by atoms with E-state index in [0.717, 1.165) is 0 Å². The fourth-order valence-corrected chi connectivity index (χ4v) is 3.88. The summed E-state index contributed by atoms with van der Waals surface area (Å²) in [4.78, 5) is 6.71. The summed E-state index contributed by atoms with van der Waals surface area (Å²) in [6.45, 7) is 4.32. The van der Waals surface area contributed by atoms with Crippen molar-refractivity contribution >= 4 is 26.0 Å². The van der Waals surface area contributed by atoms with Gasteiger partial charge in [0.1, 0.15) is 5.82 Å². The molecular formula is C10H16BrN3O3S. The predicted molar refractivity (Wildman–Crippen MR) is 70.2 cm³/mol. The number of imidazole rings is 1. The minimum Gasteiger partial charge on any atom is -0.374 e. The number of halogens is 1. The van der Waals surface area contributed by atoms with Crippen LogP contribution in [0.2, 0.25) is 0 Å². The van der Waals surface area contributed by atoms with Gasteiger partial charge < -0.3 is 9.72 Å². The van der Waals surface area contributed by atoms with Crippen molar-refractivity contribution in [2.45, 2.75) is 31.0 Å². The molecule has 0 saturated carbocycles. The van der Waals surface area contributed by atoms with Gasteiger partial charge in [0.05, 0.1) is 18.9 Å². The van der Waals surface area contributed by atoms with Crippen LogP contribution in [0.5, 0.6) is 0 Å². The number of H-pyrrole nitrogens is 1. The Morgan fingerprint density at radius 3 is 2.94 bits per heavy atom. The van der Waals surface area contributed by atoms with Gasteiger partial charge in [-0.1, -0.05) is 15.9 Å². The van der Waals surface area contributed by atoms with E-state index in [2.05, 4.69) is 25.9 Å². The Morgan fingerprint density at radius 1 is 1.67 bits per heavy atom. The maximum absolute atomic E-state index is 12.5. The van der Waals surface area contributed by atoms with Gasteiger partial charge in [0.2, 0.25) is 0 Å². The van der Waals surface area contributed by atoms with Gasteiger partial charge in [0, 0.05) is 17.9 Å². The number of morpholine rings is 1. The standard InChI is InChI=1S/C10H16BrN3O3S/c1-7-6-17-9(3-11)5-14(7)18(15,16)10-4-12-8(2)13-10/h4,7,9H,3,5-6H2,1-2H3,(H,12,13). The summed E-state index contributed by atoms with van der Waals surface area (Å²) in [5, 5.41) is 0.760. The third kappa shape index (κ3) is 2.61. The average Bonchev–Trinajstić information content (AvgIpc) is 2.77. The lowest BCUT2D eigenvalue weighted by molar-refractivity contribution is -0.0140. The summed E-state index contributed by atoms with van der Waals surface area (Å²) in [6, 6.07) is -0.172. The van der Waals surface area contributed by atoms with E-state index >= 15 is 0 Å². The van der Waals surface area contributed by atoms with E-state index in [1.165, 1.54) is 10.5 Å². The van der Waals surface area contributed by atoms with Crippen molar-refractivity contribution < 1.29 is 13.2 Å². The summed E-state index contributed by atoms with van der Waals surface area (Å²) >= 11 is 3.32. The molecule has 0 spiro atoms. The van der Waals surface area contributed by atoms with Crippen LogP contribution in [-0.4, -0.2) is 53.3 Å². The number of ether oxygens (including phenoxy) is 1. The van der Waals surface area contributed by atoms with Crippen molar-refractivity contribution in [3.63, 3.8) is 0 Å². The first-order chi connectivity index (χ1) is 8.45. The Kier molecular flexibility index (Phi) is 4.10. The van der Waals surface area contributed by atoms with E-state index in [4.69, 9.17) is 4.74 Å². The van der Waals surface area contributed by atoms with Gasteiger partial charge in [-0.3, -0.25) is 0 Å². The van der Waals surface area contributed by atoms with Crippen LogP contribution >= 0.6 is 15.9 Å². The number of aryl methyl sites for hydroxylation is 1. The summed E-state index contributed by atoms with van der Waals surface area (Å²) < 4.78 is 31.9. The van der Waals surface area contributed by atoms with Crippen LogP contribution < -0.4 is 0 Å². The monoisotopic (exact) mass is 337 g/mol. The molecule has 18 heavy (non-hydrogen) atoms. The van der Waals surface area contributed by atoms with Crippen molar-refractivity contribution in [2.75, 3.05) is 18.5 Å². The van der Waals surface area contributed by atoms with Crippen LogP contribution in [0.4, 0.5) is 0 Å². The second-order valence-corrected chi connectivity index (χ2v) is 6.87. The highest BCUT2D eigenvalue weighted by molar-refractivity contribution is 9.09. The number of nitrogens with zero attached hydrogens (tertiary/aromatic N) is 2. The Balaban J connectivity index is 2.28. The molecule has 1 fully saturated rings. The van der Waals surface area contributed by atoms with Crippen LogP contribution in [0.1, 0.15) is 12.7 Å². The summed E-state index contributed by atoms with van der Waals surface area (Å²) in [5.74, 6) is 0.589. The molecule has 0 amide bonds. The Labute approximate surface area is 115 Å². The number of hydrogen-bond donors (Lipinski definition) is 1. The van der Waals surface area contributed by atoms with Gasteiger partial charge >= 0.3 is 0 Å². The van der Waals surface area contributed by atoms with E-state index < -0.39 is 10.0 Å². The highest BCUT2D eigenvalue weighted by Gasteiger charge is 2.36. The number of aromatic amines is 1. The molecule has 1 aliphatic rings. The van der Waals surface area contributed by atoms with E-state index in [9.17, 15) is 8.42 Å². The van der Waals surface area contributed by atoms with Gasteiger partial charge in [0.15, 0.2) is 5.03 Å². The number of alkyl halides is 1. The molecule has 0 aromatic carbocycles. The molecule has 2 rings (SSSR count). The highest BCUT2D eigenvalue weighted by Crippen LogP contribution is 2.21. The Bertz CT molecular complexity index is 516. The van der Waals surface area contributed by atoms with Gasteiger partial charge in [-0.25, -0.2) is 13.4 Å². The minimum absolute atomic E-state index is 0.111. The lowest BCUT2D eigenvalue weighted by atomic mass is 10.2. The van der Waals surface area contributed by atoms with Crippen LogP contribution in [0, 0.1) is 6.92 Å². The van der Waals surface area contributed by atoms with Crippen LogP contribution in [0.3, 0.4) is 0 Å². The molecule has 1 aliphatic heterocycles. The highest BCUT2D eigenvalue weighted by atomic mass is 79.9. The van der Waals surface area contributed by atoms with E-state index in [0.29, 0.717) is 24.3 Å². The molecule has 0 bridgehead atoms. The van der Waals surface area contributed by atoms with Crippen molar-refractivity contribution in [3.8, 4) is 0 Å². The molecule has 1 saturated heterocycles. The average molecular weight is 338 g/mol. The first-order valence-electron chi connectivity index (χ1n) is 5.66. The largest absolute Gasteiger partial charge is 0.374 e. The lowest BCUT2D eigenvalue weighted by Crippen LogP contribution is -2.51. The number of rotatable bonds is 3. The van der Waals surface area contributed by atoms with E-state index in [-0.39, 0.29) is 17.2 Å². The SMILES string of the molecule is Cc1ncc(S(=O)(=O)N2CC(CBr)OCC2C)[nH]1. The topological polar surface area (TPSA) is 75.3 Å². The lowest BCUT2D eigenvalue weighted by Gasteiger charge is -2.35. The zero-order chi connectivity index (χ0) is 13.3. The maximum Gasteiger partial charge on any atom is 0.260 e. The van der Waals surface area contributed by atoms with Crippen LogP contribution in [-0.2, 0) is 14.8 Å². The Morgan fingerprint density at radius 2 is 2.39 bits per heavy atom. The predicted octanol–water partition coefficient (Wildman–Crippen LogP) is 0.891. The molecule has 2 heterocycles. The van der Waals surface area contributed by atoms with Crippen LogP contribution in [0.15, 0.2) is 11.2 Å². The van der Waals surface area contributed by atoms with Crippen molar-refractivity contribution in [2.24, 2.45) is 0 Å². The van der Waals surface area contributed by atoms with Gasteiger partial charge in [-0.2, -0.15) is 4.31 Å². The zero-order valence-electron chi connectivity index (χ0n) is 10.3. The molecular weight excluding hydrogens is 322 g/mol. The van der Waals surface area contributed by atoms with Gasteiger partial charge in [-0.15, -0.1) is 0 Å². The summed E-state index contributed by atoms with van der Waals surface area (Å²) in [5.41, 5.74) is 0. The van der Waals surface area contributed by atoms with Gasteiger partial charge in [0.25, 0.3) is 10.0 Å². The molecule has 0 radical (unpaired) electrons. The second-order valence-electron chi connectivity index (χ2n) is 4.37. The maximum atomic E-state index is 12.5. The summed E-state index contributed by atoms with van der Waals surface area (Å²) in [7, 11) is -3.52. The minimum atomic E-state index is -3.52. The smallest absolute Gasteiger partial charge is 0.260 e. The third-order valence-corrected chi connectivity index (χ3v) is 5.50. The molecule has 6 nitrogen and oxygen atoms in total. The number of sulfonamides is 1. The molecule has 2 atom stereocenters. The molecule has 0 aliphatic carbocycles. The number of hydrogen-bond acceptors (Lipinski definition) is 4. The number of aromatic nitrogens is 2. The molecule has 102 valence electrons. The quantitative estimate of drug-likeness (QED) is 0.831. The van der Waals surface area contributed by atoms with Crippen molar-refractivity contribution in [1.82, 2.24) is 14.3 Å². The third-order valence-electron chi connectivity index (χ3n) is 2.89. The molecule has 8 heteroatoms. The molecule has 2 unspecified atom stereocenters. The summed E-state index contributed by atoms with van der Waals surface area (Å²) in [6.07, 6.45) is 1.25. The van der Waals surface area contributed by atoms with E-state index in [1.54, 1.807) is 6.92 Å². The first-order valence-corrected chi connectivity index (χ1v) is 8.22. The molecule has 1 aromatic rings. The van der Waals surface area contributed by atoms with E-state index in [1.807, 2.05) is 6.92 Å². The van der Waals surface area contributed by atoms with Crippen LogP contribution in [0.25, 0.3) is 0 Å². The fourth-order valence-electron chi connectivity index (χ4n) is 1.88. The zero-order valence-corrected chi connectivity index (χ0v) is 12.7. The fraction of sp³-hybridized carbons (Fsp3) is 0.700.